The van der Waals surface area contributed by atoms with Gasteiger partial charge in [0.1, 0.15) is 11.5 Å². The van der Waals surface area contributed by atoms with Crippen molar-refractivity contribution in [2.45, 2.75) is 6.92 Å². The third kappa shape index (κ3) is 3.02. The number of rotatable bonds is 3. The number of carbonyl (C=O) groups excluding carboxylic acids is 1. The van der Waals surface area contributed by atoms with Crippen molar-refractivity contribution in [3.8, 4) is 0 Å². The molecule has 4 N–H and O–H groups in total. The number of hydrazine groups is 1. The van der Waals surface area contributed by atoms with Gasteiger partial charge in [-0.3, -0.25) is 9.78 Å². The fourth-order valence-electron chi connectivity index (χ4n) is 1.50. The molecule has 2 aromatic rings. The van der Waals surface area contributed by atoms with Crippen molar-refractivity contribution in [2.24, 2.45) is 5.84 Å². The van der Waals surface area contributed by atoms with Gasteiger partial charge in [-0.1, -0.05) is 0 Å². The van der Waals surface area contributed by atoms with E-state index in [1.54, 1.807) is 6.92 Å². The Kier molecular flexibility index (Phi) is 3.67. The summed E-state index contributed by atoms with van der Waals surface area (Å²) in [6.07, 6.45) is 2.70. The second kappa shape index (κ2) is 5.40. The number of benzene rings is 1. The van der Waals surface area contributed by atoms with E-state index in [2.05, 4.69) is 20.7 Å². The summed E-state index contributed by atoms with van der Waals surface area (Å²) in [5.41, 5.74) is 3.55. The number of halogens is 1. The minimum atomic E-state index is -0.445. The second-order valence-electron chi connectivity index (χ2n) is 3.85. The van der Waals surface area contributed by atoms with Crippen LogP contribution < -0.4 is 16.6 Å². The van der Waals surface area contributed by atoms with Crippen molar-refractivity contribution in [1.82, 2.24) is 9.97 Å². The highest BCUT2D eigenvalue weighted by atomic mass is 19.1. The Labute approximate surface area is 108 Å². The Morgan fingerprint density at radius 1 is 1.37 bits per heavy atom. The lowest BCUT2D eigenvalue weighted by Gasteiger charge is -2.08. The molecule has 2 rings (SSSR count). The summed E-state index contributed by atoms with van der Waals surface area (Å²) in [6.45, 7) is 1.70. The van der Waals surface area contributed by atoms with Gasteiger partial charge in [0, 0.05) is 5.69 Å². The van der Waals surface area contributed by atoms with Gasteiger partial charge in [-0.05, 0) is 30.7 Å². The lowest BCUT2D eigenvalue weighted by Crippen LogP contribution is -2.17. The van der Waals surface area contributed by atoms with E-state index in [1.165, 1.54) is 30.6 Å². The molecule has 1 aromatic heterocycles. The first-order valence-corrected chi connectivity index (χ1v) is 5.46. The van der Waals surface area contributed by atoms with E-state index >= 15 is 0 Å². The summed E-state index contributed by atoms with van der Waals surface area (Å²) in [5.74, 6) is 4.67. The summed E-state index contributed by atoms with van der Waals surface area (Å²) in [7, 11) is 0. The summed E-state index contributed by atoms with van der Waals surface area (Å²) < 4.78 is 12.9. The van der Waals surface area contributed by atoms with E-state index in [0.717, 1.165) is 0 Å². The van der Waals surface area contributed by atoms with E-state index in [1.807, 2.05) is 0 Å². The SMILES string of the molecule is Cc1cc(F)ccc1NC(=O)c1cncc(NN)n1. The monoisotopic (exact) mass is 261 g/mol. The maximum Gasteiger partial charge on any atom is 0.275 e. The van der Waals surface area contributed by atoms with E-state index in [0.29, 0.717) is 11.3 Å². The molecule has 0 bridgehead atoms. The average molecular weight is 261 g/mol. The fraction of sp³-hybridized carbons (Fsp3) is 0.0833. The average Bonchev–Trinajstić information content (AvgIpc) is 2.42. The van der Waals surface area contributed by atoms with E-state index in [4.69, 9.17) is 5.84 Å². The maximum absolute atomic E-state index is 12.9. The number of anilines is 2. The number of nitrogens with two attached hydrogens (primary N) is 1. The Balaban J connectivity index is 2.20. The zero-order chi connectivity index (χ0) is 13.8. The van der Waals surface area contributed by atoms with Crippen molar-refractivity contribution >= 4 is 17.4 Å². The summed E-state index contributed by atoms with van der Waals surface area (Å²) in [4.78, 5) is 19.7. The smallest absolute Gasteiger partial charge is 0.275 e. The van der Waals surface area contributed by atoms with Gasteiger partial charge < -0.3 is 10.7 Å². The standard InChI is InChI=1S/C12H12FN5O/c1-7-4-8(13)2-3-9(7)17-12(19)10-5-15-6-11(16-10)18-14/h2-6H,14H2,1H3,(H,16,18)(H,17,19). The van der Waals surface area contributed by atoms with Crippen LogP contribution in [0.25, 0.3) is 0 Å². The molecule has 6 nitrogen and oxygen atoms in total. The summed E-state index contributed by atoms with van der Waals surface area (Å²) in [6, 6.07) is 4.09. The highest BCUT2D eigenvalue weighted by Crippen LogP contribution is 2.16. The summed E-state index contributed by atoms with van der Waals surface area (Å²) >= 11 is 0. The van der Waals surface area contributed by atoms with Crippen LogP contribution in [0.5, 0.6) is 0 Å². The lowest BCUT2D eigenvalue weighted by molar-refractivity contribution is 0.102. The number of nitrogen functional groups attached to an aromatic ring is 1. The van der Waals surface area contributed by atoms with E-state index in [-0.39, 0.29) is 17.3 Å². The van der Waals surface area contributed by atoms with Crippen LogP contribution in [0.3, 0.4) is 0 Å². The predicted octanol–water partition coefficient (Wildman–Crippen LogP) is 1.46. The van der Waals surface area contributed by atoms with Crippen LogP contribution in [0.1, 0.15) is 16.1 Å². The molecule has 0 saturated carbocycles. The fourth-order valence-corrected chi connectivity index (χ4v) is 1.50. The minimum absolute atomic E-state index is 0.110. The predicted molar refractivity (Wildman–Crippen MR) is 68.9 cm³/mol. The zero-order valence-corrected chi connectivity index (χ0v) is 10.1. The molecule has 0 spiro atoms. The largest absolute Gasteiger partial charge is 0.320 e. The number of nitrogens with zero attached hydrogens (tertiary/aromatic N) is 2. The molecule has 98 valence electrons. The quantitative estimate of drug-likeness (QED) is 0.574. The molecule has 0 radical (unpaired) electrons. The molecule has 1 aromatic carbocycles. The van der Waals surface area contributed by atoms with Gasteiger partial charge in [0.15, 0.2) is 5.82 Å². The topological polar surface area (TPSA) is 92.9 Å². The Bertz CT molecular complexity index is 617. The van der Waals surface area contributed by atoms with Crippen LogP contribution in [0, 0.1) is 12.7 Å². The van der Waals surface area contributed by atoms with Crippen molar-refractivity contribution in [3.63, 3.8) is 0 Å². The molecule has 0 aliphatic rings. The molecule has 1 amide bonds. The first-order chi connectivity index (χ1) is 9.10. The van der Waals surface area contributed by atoms with Gasteiger partial charge in [-0.2, -0.15) is 0 Å². The highest BCUT2D eigenvalue weighted by Gasteiger charge is 2.10. The van der Waals surface area contributed by atoms with Crippen molar-refractivity contribution in [3.05, 3.63) is 47.7 Å². The normalized spacial score (nSPS) is 10.1. The highest BCUT2D eigenvalue weighted by molar-refractivity contribution is 6.03. The molecular weight excluding hydrogens is 249 g/mol. The first kappa shape index (κ1) is 12.9. The third-order valence-electron chi connectivity index (χ3n) is 2.45. The van der Waals surface area contributed by atoms with Gasteiger partial charge in [-0.25, -0.2) is 15.2 Å². The van der Waals surface area contributed by atoms with Crippen LogP contribution in [-0.4, -0.2) is 15.9 Å². The molecule has 19 heavy (non-hydrogen) atoms. The first-order valence-electron chi connectivity index (χ1n) is 5.46. The maximum atomic E-state index is 12.9. The molecule has 7 heteroatoms. The molecule has 0 atom stereocenters. The van der Waals surface area contributed by atoms with E-state index in [9.17, 15) is 9.18 Å². The Morgan fingerprint density at radius 2 is 2.16 bits per heavy atom. The van der Waals surface area contributed by atoms with Crippen molar-refractivity contribution < 1.29 is 9.18 Å². The zero-order valence-electron chi connectivity index (χ0n) is 10.1. The molecule has 0 aliphatic carbocycles. The number of hydrogen-bond donors (Lipinski definition) is 3. The third-order valence-corrected chi connectivity index (χ3v) is 2.45. The van der Waals surface area contributed by atoms with E-state index < -0.39 is 5.91 Å². The van der Waals surface area contributed by atoms with Crippen LogP contribution >= 0.6 is 0 Å². The molecule has 0 saturated heterocycles. The molecule has 0 aliphatic heterocycles. The molecule has 0 fully saturated rings. The molecule has 1 heterocycles. The van der Waals surface area contributed by atoms with Crippen molar-refractivity contribution in [2.75, 3.05) is 10.7 Å². The van der Waals surface area contributed by atoms with Crippen LogP contribution in [0.2, 0.25) is 0 Å². The number of aromatic nitrogens is 2. The Hall–Kier alpha value is -2.54. The lowest BCUT2D eigenvalue weighted by atomic mass is 10.2. The Morgan fingerprint density at radius 3 is 2.84 bits per heavy atom. The van der Waals surface area contributed by atoms with Gasteiger partial charge in [0.05, 0.1) is 12.4 Å². The number of amides is 1. The van der Waals surface area contributed by atoms with Gasteiger partial charge in [0.25, 0.3) is 5.91 Å². The van der Waals surface area contributed by atoms with Crippen LogP contribution in [0.15, 0.2) is 30.6 Å². The number of carbonyl (C=O) groups is 1. The van der Waals surface area contributed by atoms with Crippen molar-refractivity contribution in [1.29, 1.82) is 0 Å². The van der Waals surface area contributed by atoms with Gasteiger partial charge >= 0.3 is 0 Å². The number of hydrogen-bond acceptors (Lipinski definition) is 5. The van der Waals surface area contributed by atoms with Gasteiger partial charge in [0.2, 0.25) is 0 Å². The number of nitrogens with one attached hydrogen (secondary N) is 2. The van der Waals surface area contributed by atoms with Crippen LogP contribution in [0.4, 0.5) is 15.9 Å². The molecular formula is C12H12FN5O. The number of aryl methyl sites for hydroxylation is 1. The summed E-state index contributed by atoms with van der Waals surface area (Å²) in [5, 5.41) is 2.63. The second-order valence-corrected chi connectivity index (χ2v) is 3.85. The van der Waals surface area contributed by atoms with Gasteiger partial charge in [-0.15, -0.1) is 0 Å². The minimum Gasteiger partial charge on any atom is -0.320 e. The molecule has 0 unspecified atom stereocenters. The van der Waals surface area contributed by atoms with Crippen LogP contribution in [-0.2, 0) is 0 Å².